The number of carboxylic acids is 4. The molecule has 177 valence electrons. The summed E-state index contributed by atoms with van der Waals surface area (Å²) in [4.78, 5) is 51.5. The largest absolute Gasteiger partial charge is 3.00 e. The van der Waals surface area contributed by atoms with Crippen LogP contribution < -0.4 is 0 Å². The third-order valence-electron chi connectivity index (χ3n) is 4.80. The quantitative estimate of drug-likeness (QED) is 0.288. The van der Waals surface area contributed by atoms with Gasteiger partial charge in [-0.05, 0) is 12.8 Å². The molecular formula is C18H32FeN4O8+3. The normalized spacial score (nSPS) is 19.1. The number of nitrogens with zero attached hydrogens (tertiary/aromatic N) is 4. The Kier molecular flexibility index (Phi) is 15.0. The van der Waals surface area contributed by atoms with E-state index >= 15 is 0 Å². The summed E-state index contributed by atoms with van der Waals surface area (Å²) in [5, 5.41) is 36.5. The molecule has 1 saturated heterocycles. The Morgan fingerprint density at radius 1 is 0.452 bits per heavy atom. The first kappa shape index (κ1) is 29.2. The van der Waals surface area contributed by atoms with Crippen molar-refractivity contribution in [3.8, 4) is 0 Å². The van der Waals surface area contributed by atoms with Crippen molar-refractivity contribution in [2.24, 2.45) is 0 Å². The van der Waals surface area contributed by atoms with Crippen LogP contribution in [0.3, 0.4) is 0 Å². The zero-order valence-electron chi connectivity index (χ0n) is 17.5. The first-order valence-corrected chi connectivity index (χ1v) is 9.92. The molecular weight excluding hydrogens is 456 g/mol. The van der Waals surface area contributed by atoms with Crippen molar-refractivity contribution in [1.29, 1.82) is 0 Å². The second kappa shape index (κ2) is 16.0. The molecule has 0 saturated carbocycles. The van der Waals surface area contributed by atoms with E-state index in [2.05, 4.69) is 0 Å². The Bertz CT molecular complexity index is 497. The van der Waals surface area contributed by atoms with Crippen molar-refractivity contribution in [3.05, 3.63) is 0 Å². The van der Waals surface area contributed by atoms with Crippen molar-refractivity contribution in [2.45, 2.75) is 12.8 Å². The topological polar surface area (TPSA) is 162 Å². The summed E-state index contributed by atoms with van der Waals surface area (Å²) in [5.74, 6) is -3.92. The number of hydrogen-bond donors (Lipinski definition) is 4. The molecule has 1 heterocycles. The molecule has 1 fully saturated rings. The van der Waals surface area contributed by atoms with Gasteiger partial charge in [-0.15, -0.1) is 0 Å². The van der Waals surface area contributed by atoms with E-state index in [-0.39, 0.29) is 43.2 Å². The van der Waals surface area contributed by atoms with Gasteiger partial charge in [-0.1, -0.05) is 0 Å². The molecule has 0 spiro atoms. The maximum Gasteiger partial charge on any atom is 3.00 e. The van der Waals surface area contributed by atoms with Crippen molar-refractivity contribution in [3.63, 3.8) is 0 Å². The first-order chi connectivity index (χ1) is 14.2. The molecule has 0 aromatic heterocycles. The second-order valence-corrected chi connectivity index (χ2v) is 7.39. The summed E-state index contributed by atoms with van der Waals surface area (Å²) in [6.45, 7) is 2.52. The number of rotatable bonds is 8. The van der Waals surface area contributed by atoms with Crippen LogP contribution in [0.1, 0.15) is 12.8 Å². The Morgan fingerprint density at radius 2 is 0.645 bits per heavy atom. The van der Waals surface area contributed by atoms with Gasteiger partial charge in [0.1, 0.15) is 0 Å². The van der Waals surface area contributed by atoms with Crippen LogP contribution in [0, 0.1) is 0 Å². The van der Waals surface area contributed by atoms with Gasteiger partial charge in [0.2, 0.25) is 0 Å². The minimum absolute atomic E-state index is 0. The molecule has 31 heavy (non-hydrogen) atoms. The average molecular weight is 488 g/mol. The minimum Gasteiger partial charge on any atom is -0.480 e. The SMILES string of the molecule is O=C(O)CN1CCCN(CC(=O)O)CCN(CC(=O)O)CCCN(CC(=O)O)CC1.[Fe+3]. The van der Waals surface area contributed by atoms with E-state index in [1.165, 1.54) is 0 Å². The molecule has 13 heteroatoms. The molecule has 1 radical (unpaired) electrons. The number of carbonyl (C=O) groups is 4. The predicted molar refractivity (Wildman–Crippen MR) is 106 cm³/mol. The third kappa shape index (κ3) is 14.8. The van der Waals surface area contributed by atoms with Crippen LogP contribution in [0.2, 0.25) is 0 Å². The molecule has 0 aromatic carbocycles. The molecule has 12 nitrogen and oxygen atoms in total. The fraction of sp³-hybridized carbons (Fsp3) is 0.778. The van der Waals surface area contributed by atoms with Gasteiger partial charge in [0.25, 0.3) is 0 Å². The van der Waals surface area contributed by atoms with E-state index in [1.54, 1.807) is 19.6 Å². The molecule has 0 atom stereocenters. The standard InChI is InChI=1S/C18H32N4O8.Fe/c23-15(24)11-19-3-1-4-20(12-16(25)26)8-10-22(14-18(29)30)6-2-5-21(9-7-19)13-17(27)28;/h1-14H2,(H,23,24)(H,25,26)(H,27,28)(H,29,30);/q;+3. The number of carboxylic acid groups (broad SMARTS) is 4. The van der Waals surface area contributed by atoms with E-state index in [1.807, 2.05) is 0 Å². The van der Waals surface area contributed by atoms with E-state index in [4.69, 9.17) is 20.4 Å². The van der Waals surface area contributed by atoms with Crippen molar-refractivity contribution >= 4 is 23.9 Å². The summed E-state index contributed by atoms with van der Waals surface area (Å²) < 4.78 is 0. The van der Waals surface area contributed by atoms with Crippen LogP contribution in [-0.4, -0.2) is 142 Å². The van der Waals surface area contributed by atoms with Crippen molar-refractivity contribution in [2.75, 3.05) is 78.5 Å². The fourth-order valence-electron chi connectivity index (χ4n) is 3.45. The van der Waals surface area contributed by atoms with Gasteiger partial charge >= 0.3 is 40.9 Å². The van der Waals surface area contributed by atoms with Gasteiger partial charge in [-0.25, -0.2) is 0 Å². The molecule has 1 rings (SSSR count). The van der Waals surface area contributed by atoms with Crippen LogP contribution >= 0.6 is 0 Å². The van der Waals surface area contributed by atoms with E-state index in [0.717, 1.165) is 0 Å². The molecule has 0 aliphatic carbocycles. The Morgan fingerprint density at radius 3 is 0.806 bits per heavy atom. The average Bonchev–Trinajstić information content (AvgIpc) is 2.60. The molecule has 0 unspecified atom stereocenters. The molecule has 1 aliphatic heterocycles. The van der Waals surface area contributed by atoms with Gasteiger partial charge in [0.15, 0.2) is 0 Å². The summed E-state index contributed by atoms with van der Waals surface area (Å²) >= 11 is 0. The number of hydrogen-bond acceptors (Lipinski definition) is 8. The minimum atomic E-state index is -0.979. The van der Waals surface area contributed by atoms with E-state index in [9.17, 15) is 19.2 Å². The van der Waals surface area contributed by atoms with Gasteiger partial charge in [0.05, 0.1) is 26.2 Å². The monoisotopic (exact) mass is 488 g/mol. The fourth-order valence-corrected chi connectivity index (χ4v) is 3.45. The van der Waals surface area contributed by atoms with Gasteiger partial charge in [-0.2, -0.15) is 0 Å². The van der Waals surface area contributed by atoms with Crippen LogP contribution in [0.25, 0.3) is 0 Å². The molecule has 0 bridgehead atoms. The van der Waals surface area contributed by atoms with E-state index in [0.29, 0.717) is 65.2 Å². The summed E-state index contributed by atoms with van der Waals surface area (Å²) in [7, 11) is 0. The molecule has 4 N–H and O–H groups in total. The molecule has 1 aliphatic rings. The van der Waals surface area contributed by atoms with Gasteiger partial charge in [-0.3, -0.25) is 38.8 Å². The van der Waals surface area contributed by atoms with Crippen LogP contribution in [0.15, 0.2) is 0 Å². The Labute approximate surface area is 191 Å². The van der Waals surface area contributed by atoms with Crippen LogP contribution in [0.5, 0.6) is 0 Å². The molecule has 0 aromatic rings. The number of aliphatic carboxylic acids is 4. The van der Waals surface area contributed by atoms with Crippen molar-refractivity contribution < 1.29 is 56.7 Å². The zero-order chi connectivity index (χ0) is 22.5. The summed E-state index contributed by atoms with van der Waals surface area (Å²) in [5.41, 5.74) is 0. The van der Waals surface area contributed by atoms with Crippen LogP contribution in [0.4, 0.5) is 0 Å². The first-order valence-electron chi connectivity index (χ1n) is 9.92. The van der Waals surface area contributed by atoms with Crippen molar-refractivity contribution in [1.82, 2.24) is 19.6 Å². The van der Waals surface area contributed by atoms with Gasteiger partial charge in [0, 0.05) is 52.4 Å². The van der Waals surface area contributed by atoms with E-state index < -0.39 is 23.9 Å². The van der Waals surface area contributed by atoms with Crippen LogP contribution in [-0.2, 0) is 36.2 Å². The van der Waals surface area contributed by atoms with Gasteiger partial charge < -0.3 is 20.4 Å². The molecule has 0 amide bonds. The summed E-state index contributed by atoms with van der Waals surface area (Å²) in [6, 6.07) is 0. The predicted octanol–water partition coefficient (Wildman–Crippen LogP) is -1.68. The Hall–Kier alpha value is -1.76. The maximum atomic E-state index is 11.1. The maximum absolute atomic E-state index is 11.1. The smallest absolute Gasteiger partial charge is 0.480 e. The summed E-state index contributed by atoms with van der Waals surface area (Å²) in [6.07, 6.45) is 1.08. The Balaban J connectivity index is 0.00000900. The second-order valence-electron chi connectivity index (χ2n) is 7.39. The zero-order valence-corrected chi connectivity index (χ0v) is 18.6. The third-order valence-corrected chi connectivity index (χ3v) is 4.80.